The van der Waals surface area contributed by atoms with Crippen LogP contribution in [0.2, 0.25) is 5.15 Å². The van der Waals surface area contributed by atoms with E-state index in [0.29, 0.717) is 18.0 Å². The number of nitrogens with one attached hydrogen (secondary N) is 1. The van der Waals surface area contributed by atoms with Crippen molar-refractivity contribution in [2.24, 2.45) is 0 Å². The van der Waals surface area contributed by atoms with Crippen molar-refractivity contribution in [3.63, 3.8) is 0 Å². The molecule has 1 N–H and O–H groups in total. The van der Waals surface area contributed by atoms with Crippen LogP contribution in [0.15, 0.2) is 24.5 Å². The number of rotatable bonds is 3. The van der Waals surface area contributed by atoms with Crippen LogP contribution in [0, 0.1) is 0 Å². The predicted molar refractivity (Wildman–Crippen MR) is 117 cm³/mol. The average molecular weight is 460 g/mol. The van der Waals surface area contributed by atoms with Crippen molar-refractivity contribution in [2.45, 2.75) is 57.4 Å². The minimum absolute atomic E-state index is 0.000131. The minimum Gasteiger partial charge on any atom is -0.444 e. The van der Waals surface area contributed by atoms with Crippen LogP contribution in [-0.2, 0) is 9.47 Å². The molecule has 170 valence electrons. The van der Waals surface area contributed by atoms with E-state index in [1.807, 2.05) is 31.7 Å². The third-order valence-electron chi connectivity index (χ3n) is 5.50. The Morgan fingerprint density at radius 3 is 2.69 bits per heavy atom. The van der Waals surface area contributed by atoms with E-state index in [9.17, 15) is 9.59 Å². The number of hydrogen-bond donors (Lipinski definition) is 1. The molecule has 2 aromatic heterocycles. The first-order chi connectivity index (χ1) is 15.2. The van der Waals surface area contributed by atoms with Crippen LogP contribution in [0.25, 0.3) is 11.4 Å². The smallest absolute Gasteiger partial charge is 0.410 e. The molecule has 9 nitrogen and oxygen atoms in total. The van der Waals surface area contributed by atoms with Crippen molar-refractivity contribution in [3.05, 3.63) is 40.9 Å². The summed E-state index contributed by atoms with van der Waals surface area (Å²) in [5.74, 6) is -0.323. The van der Waals surface area contributed by atoms with E-state index in [-0.39, 0.29) is 41.0 Å². The summed E-state index contributed by atoms with van der Waals surface area (Å²) in [5.41, 5.74) is 1.40. The molecule has 0 saturated carbocycles. The van der Waals surface area contributed by atoms with Crippen LogP contribution >= 0.6 is 11.6 Å². The summed E-state index contributed by atoms with van der Waals surface area (Å²) in [4.78, 5) is 39.3. The molecule has 2 fully saturated rings. The number of morpholine rings is 1. The molecule has 3 atom stereocenters. The fourth-order valence-corrected chi connectivity index (χ4v) is 4.40. The van der Waals surface area contributed by atoms with Gasteiger partial charge in [0.1, 0.15) is 28.9 Å². The van der Waals surface area contributed by atoms with Gasteiger partial charge in [-0.25, -0.2) is 19.7 Å². The maximum atomic E-state index is 12.9. The molecule has 0 spiro atoms. The quantitative estimate of drug-likeness (QED) is 0.701. The number of pyridine rings is 1. The normalized spacial score (nSPS) is 22.5. The fourth-order valence-electron chi connectivity index (χ4n) is 4.18. The second-order valence-electron chi connectivity index (χ2n) is 8.92. The number of fused-ring (bicyclic) bond motifs is 2. The third-order valence-corrected chi connectivity index (χ3v) is 5.70. The van der Waals surface area contributed by atoms with Crippen LogP contribution in [0.3, 0.4) is 0 Å². The maximum absolute atomic E-state index is 12.9. The highest BCUT2D eigenvalue weighted by molar-refractivity contribution is 6.29. The first kappa shape index (κ1) is 22.4. The third kappa shape index (κ3) is 4.54. The number of ether oxygens (including phenoxy) is 2. The zero-order valence-corrected chi connectivity index (χ0v) is 19.2. The summed E-state index contributed by atoms with van der Waals surface area (Å²) in [5, 5.41) is 2.81. The molecule has 2 aliphatic heterocycles. The summed E-state index contributed by atoms with van der Waals surface area (Å²) >= 11 is 6.34. The highest BCUT2D eigenvalue weighted by atomic mass is 35.5. The highest BCUT2D eigenvalue weighted by Crippen LogP contribution is 2.42. The average Bonchev–Trinajstić information content (AvgIpc) is 3.04. The van der Waals surface area contributed by atoms with Crippen molar-refractivity contribution >= 4 is 23.6 Å². The van der Waals surface area contributed by atoms with E-state index < -0.39 is 5.60 Å². The molecule has 10 heteroatoms. The van der Waals surface area contributed by atoms with Gasteiger partial charge in [0.2, 0.25) is 0 Å². The Balaban J connectivity index is 1.65. The van der Waals surface area contributed by atoms with Gasteiger partial charge in [0, 0.05) is 7.05 Å². The largest absolute Gasteiger partial charge is 0.444 e. The van der Waals surface area contributed by atoms with E-state index >= 15 is 0 Å². The lowest BCUT2D eigenvalue weighted by Gasteiger charge is -2.40. The zero-order chi connectivity index (χ0) is 23.0. The summed E-state index contributed by atoms with van der Waals surface area (Å²) in [6.45, 7) is 5.99. The van der Waals surface area contributed by atoms with Crippen LogP contribution in [0.1, 0.15) is 55.8 Å². The predicted octanol–water partition coefficient (Wildman–Crippen LogP) is 3.39. The van der Waals surface area contributed by atoms with Gasteiger partial charge in [-0.1, -0.05) is 11.6 Å². The van der Waals surface area contributed by atoms with Crippen molar-refractivity contribution in [1.29, 1.82) is 0 Å². The van der Waals surface area contributed by atoms with Gasteiger partial charge in [-0.2, -0.15) is 0 Å². The Morgan fingerprint density at radius 1 is 1.19 bits per heavy atom. The van der Waals surface area contributed by atoms with Gasteiger partial charge in [-0.3, -0.25) is 9.69 Å². The molecule has 0 aliphatic carbocycles. The number of amides is 2. The molecule has 2 saturated heterocycles. The Bertz CT molecular complexity index is 1040. The number of aromatic nitrogens is 3. The molecule has 2 aliphatic rings. The number of carbonyl (C=O) groups is 2. The van der Waals surface area contributed by atoms with Crippen LogP contribution in [0.5, 0.6) is 0 Å². The Hall–Kier alpha value is -2.78. The molecule has 0 unspecified atom stereocenters. The monoisotopic (exact) mass is 459 g/mol. The van der Waals surface area contributed by atoms with Gasteiger partial charge in [0.15, 0.2) is 0 Å². The van der Waals surface area contributed by atoms with E-state index in [1.54, 1.807) is 12.1 Å². The lowest BCUT2D eigenvalue weighted by atomic mass is 9.99. The molecule has 2 aromatic rings. The lowest BCUT2D eigenvalue weighted by molar-refractivity contribution is -0.0803. The molecule has 4 rings (SSSR count). The van der Waals surface area contributed by atoms with E-state index in [2.05, 4.69) is 20.3 Å². The van der Waals surface area contributed by atoms with Crippen molar-refractivity contribution < 1.29 is 19.1 Å². The Labute approximate surface area is 191 Å². The standard InChI is InChI=1S/C22H26ClN5O4/c1-22(2,3)32-21(30)28-13-5-6-17(28)19(31-10-13)12-7-15(27-18(23)8-12)14-9-16(20(29)24-4)26-11-25-14/h7-9,11,13,17,19H,5-6,10H2,1-4H3,(H,24,29)/t13-,17+,19+/m0/s1. The molecule has 2 bridgehead atoms. The van der Waals surface area contributed by atoms with Crippen LogP contribution in [-0.4, -0.2) is 63.2 Å². The maximum Gasteiger partial charge on any atom is 0.410 e. The first-order valence-corrected chi connectivity index (χ1v) is 10.9. The highest BCUT2D eigenvalue weighted by Gasteiger charge is 2.47. The lowest BCUT2D eigenvalue weighted by Crippen LogP contribution is -2.51. The summed E-state index contributed by atoms with van der Waals surface area (Å²) in [7, 11) is 1.53. The molecule has 32 heavy (non-hydrogen) atoms. The Kier molecular flexibility index (Phi) is 6.05. The second-order valence-corrected chi connectivity index (χ2v) is 9.30. The molecule has 0 radical (unpaired) electrons. The minimum atomic E-state index is -0.576. The number of nitrogens with zero attached hydrogens (tertiary/aromatic N) is 4. The first-order valence-electron chi connectivity index (χ1n) is 10.5. The van der Waals surface area contributed by atoms with Gasteiger partial charge < -0.3 is 14.8 Å². The van der Waals surface area contributed by atoms with Crippen LogP contribution < -0.4 is 5.32 Å². The van der Waals surface area contributed by atoms with Crippen LogP contribution in [0.4, 0.5) is 4.79 Å². The number of carbonyl (C=O) groups excluding carboxylic acids is 2. The molecular weight excluding hydrogens is 434 g/mol. The van der Waals surface area contributed by atoms with Gasteiger partial charge >= 0.3 is 6.09 Å². The van der Waals surface area contributed by atoms with Crippen molar-refractivity contribution in [2.75, 3.05) is 13.7 Å². The van der Waals surface area contributed by atoms with Gasteiger partial charge in [-0.15, -0.1) is 0 Å². The summed E-state index contributed by atoms with van der Waals surface area (Å²) < 4.78 is 11.8. The summed E-state index contributed by atoms with van der Waals surface area (Å²) in [6, 6.07) is 4.96. The van der Waals surface area contributed by atoms with Gasteiger partial charge in [0.05, 0.1) is 30.1 Å². The number of hydrogen-bond acceptors (Lipinski definition) is 7. The summed E-state index contributed by atoms with van der Waals surface area (Å²) in [6.07, 6.45) is 2.27. The molecule has 0 aromatic carbocycles. The fraction of sp³-hybridized carbons (Fsp3) is 0.500. The second kappa shape index (κ2) is 8.63. The SMILES string of the molecule is CNC(=O)c1cc(-c2cc([C@H]3OC[C@@H]4CC[C@H]3N4C(=O)OC(C)(C)C)cc(Cl)n2)ncn1. The molecular formula is C22H26ClN5O4. The van der Waals surface area contributed by atoms with E-state index in [1.165, 1.54) is 13.4 Å². The molecule has 4 heterocycles. The van der Waals surface area contributed by atoms with Gasteiger partial charge in [0.25, 0.3) is 5.91 Å². The molecule has 2 amide bonds. The van der Waals surface area contributed by atoms with Crippen molar-refractivity contribution in [1.82, 2.24) is 25.2 Å². The zero-order valence-electron chi connectivity index (χ0n) is 18.5. The Morgan fingerprint density at radius 2 is 1.97 bits per heavy atom. The number of halogens is 1. The van der Waals surface area contributed by atoms with Gasteiger partial charge in [-0.05, 0) is 57.4 Å². The van der Waals surface area contributed by atoms with Crippen molar-refractivity contribution in [3.8, 4) is 11.4 Å². The topological polar surface area (TPSA) is 107 Å². The van der Waals surface area contributed by atoms with E-state index in [0.717, 1.165) is 18.4 Å². The van der Waals surface area contributed by atoms with E-state index in [4.69, 9.17) is 21.1 Å².